The third-order valence-corrected chi connectivity index (χ3v) is 5.34. The van der Waals surface area contributed by atoms with E-state index in [9.17, 15) is 19.5 Å². The molecule has 1 aromatic rings. The van der Waals surface area contributed by atoms with Gasteiger partial charge in [-0.3, -0.25) is 14.5 Å². The first-order valence-corrected chi connectivity index (χ1v) is 8.93. The lowest BCUT2D eigenvalue weighted by atomic mass is 9.96. The molecule has 1 atom stereocenters. The smallest absolute Gasteiger partial charge is 0.328 e. The largest absolute Gasteiger partial charge is 0.480 e. The van der Waals surface area contributed by atoms with Gasteiger partial charge < -0.3 is 14.7 Å². The number of aliphatic carboxylic acids is 1. The van der Waals surface area contributed by atoms with E-state index < -0.39 is 17.7 Å². The molecule has 26 heavy (non-hydrogen) atoms. The van der Waals surface area contributed by atoms with Crippen LogP contribution in [0.1, 0.15) is 42.1 Å². The summed E-state index contributed by atoms with van der Waals surface area (Å²) in [5.41, 5.74) is 0.311. The Kier molecular flexibility index (Phi) is 5.00. The summed E-state index contributed by atoms with van der Waals surface area (Å²) >= 11 is 0. The van der Waals surface area contributed by atoms with Crippen molar-refractivity contribution in [2.45, 2.75) is 44.9 Å². The Morgan fingerprint density at radius 2 is 1.88 bits per heavy atom. The topological polar surface area (TPSA) is 87.2 Å². The Hall–Kier alpha value is -2.41. The maximum Gasteiger partial charge on any atom is 0.328 e. The normalized spacial score (nSPS) is 21.8. The Morgan fingerprint density at radius 3 is 2.46 bits per heavy atom. The van der Waals surface area contributed by atoms with Crippen molar-refractivity contribution in [1.82, 2.24) is 9.80 Å². The summed E-state index contributed by atoms with van der Waals surface area (Å²) in [6.07, 6.45) is 1.26. The van der Waals surface area contributed by atoms with Crippen molar-refractivity contribution in [3.05, 3.63) is 35.4 Å². The van der Waals surface area contributed by atoms with Crippen LogP contribution in [0.2, 0.25) is 0 Å². The summed E-state index contributed by atoms with van der Waals surface area (Å²) in [5.74, 6) is -1.34. The molecule has 7 heteroatoms. The second-order valence-corrected chi connectivity index (χ2v) is 6.84. The second kappa shape index (κ2) is 7.07. The molecular formula is C19H24N2O5. The number of hydrogen-bond donors (Lipinski definition) is 1. The van der Waals surface area contributed by atoms with Crippen LogP contribution in [0.4, 0.5) is 0 Å². The van der Waals surface area contributed by atoms with Crippen LogP contribution in [0.5, 0.6) is 0 Å². The Bertz CT molecular complexity index is 724. The lowest BCUT2D eigenvalue weighted by molar-refractivity contribution is -0.147. The predicted octanol–water partition coefficient (Wildman–Crippen LogP) is 1.65. The van der Waals surface area contributed by atoms with Crippen LogP contribution >= 0.6 is 0 Å². The quantitative estimate of drug-likeness (QED) is 0.886. The molecule has 140 valence electrons. The molecule has 2 aliphatic heterocycles. The van der Waals surface area contributed by atoms with Crippen LogP contribution in [0.15, 0.2) is 24.3 Å². The van der Waals surface area contributed by atoms with Crippen molar-refractivity contribution in [2.24, 2.45) is 0 Å². The summed E-state index contributed by atoms with van der Waals surface area (Å²) < 4.78 is 5.90. The first kappa shape index (κ1) is 18.4. The molecule has 0 bridgehead atoms. The molecule has 0 radical (unpaired) electrons. The standard InChI is InChI=1S/C19H24N2O5/c1-3-16(22)20-10-8-19(9-11-20)21(15(12-26-19)18(24)25)17(23)14-7-5-4-6-13(14)2/h4-7,15H,3,8-12H2,1-2H3,(H,24,25)/t15-/m0/s1. The SMILES string of the molecule is CCC(=O)N1CCC2(CC1)OC[C@@H](C(=O)O)N2C(=O)c1ccccc1C. The number of hydrogen-bond acceptors (Lipinski definition) is 4. The Labute approximate surface area is 152 Å². The van der Waals surface area contributed by atoms with Gasteiger partial charge in [0.2, 0.25) is 5.91 Å². The van der Waals surface area contributed by atoms with Gasteiger partial charge in [0.15, 0.2) is 6.04 Å². The zero-order valence-corrected chi connectivity index (χ0v) is 15.1. The van der Waals surface area contributed by atoms with Crippen LogP contribution in [0.3, 0.4) is 0 Å². The second-order valence-electron chi connectivity index (χ2n) is 6.84. The van der Waals surface area contributed by atoms with E-state index in [1.54, 1.807) is 17.0 Å². The number of carboxylic acids is 1. The molecule has 2 saturated heterocycles. The molecule has 7 nitrogen and oxygen atoms in total. The minimum absolute atomic E-state index is 0.0331. The molecule has 1 N–H and O–H groups in total. The number of carboxylic acid groups (broad SMARTS) is 1. The predicted molar refractivity (Wildman–Crippen MR) is 93.6 cm³/mol. The first-order valence-electron chi connectivity index (χ1n) is 8.93. The molecule has 0 unspecified atom stereocenters. The van der Waals surface area contributed by atoms with Crippen LogP contribution in [0, 0.1) is 6.92 Å². The highest BCUT2D eigenvalue weighted by Gasteiger charge is 2.54. The lowest BCUT2D eigenvalue weighted by Gasteiger charge is -2.44. The number of rotatable bonds is 3. The number of aryl methyl sites for hydroxylation is 1. The van der Waals surface area contributed by atoms with E-state index >= 15 is 0 Å². The van der Waals surface area contributed by atoms with E-state index in [1.165, 1.54) is 4.90 Å². The van der Waals surface area contributed by atoms with Crippen LogP contribution in [0.25, 0.3) is 0 Å². The minimum atomic E-state index is -1.07. The van der Waals surface area contributed by atoms with Crippen LogP contribution in [-0.2, 0) is 14.3 Å². The molecule has 2 amide bonds. The number of likely N-dealkylation sites (tertiary alicyclic amines) is 1. The van der Waals surface area contributed by atoms with E-state index in [-0.39, 0.29) is 18.4 Å². The van der Waals surface area contributed by atoms with Crippen molar-refractivity contribution in [1.29, 1.82) is 0 Å². The highest BCUT2D eigenvalue weighted by Crippen LogP contribution is 2.38. The summed E-state index contributed by atoms with van der Waals surface area (Å²) in [5, 5.41) is 9.60. The van der Waals surface area contributed by atoms with E-state index in [0.29, 0.717) is 37.9 Å². The fraction of sp³-hybridized carbons (Fsp3) is 0.526. The zero-order chi connectivity index (χ0) is 18.9. The van der Waals surface area contributed by atoms with Gasteiger partial charge in [0, 0.05) is 37.9 Å². The van der Waals surface area contributed by atoms with E-state index in [2.05, 4.69) is 0 Å². The summed E-state index contributed by atoms with van der Waals surface area (Å²) in [6, 6.07) is 6.12. The number of amides is 2. The lowest BCUT2D eigenvalue weighted by Crippen LogP contribution is -2.58. The van der Waals surface area contributed by atoms with E-state index in [4.69, 9.17) is 4.74 Å². The van der Waals surface area contributed by atoms with E-state index in [0.717, 1.165) is 5.56 Å². The van der Waals surface area contributed by atoms with Crippen molar-refractivity contribution in [3.8, 4) is 0 Å². The van der Waals surface area contributed by atoms with Gasteiger partial charge in [0.25, 0.3) is 5.91 Å². The summed E-state index contributed by atoms with van der Waals surface area (Å²) in [6.45, 7) is 4.52. The summed E-state index contributed by atoms with van der Waals surface area (Å²) in [4.78, 5) is 40.0. The number of carbonyl (C=O) groups is 3. The van der Waals surface area contributed by atoms with E-state index in [1.807, 2.05) is 26.0 Å². The number of nitrogens with zero attached hydrogens (tertiary/aromatic N) is 2. The number of ether oxygens (including phenoxy) is 1. The van der Waals surface area contributed by atoms with Gasteiger partial charge in [-0.1, -0.05) is 25.1 Å². The average Bonchev–Trinajstić information content (AvgIpc) is 3.00. The number of piperidine rings is 1. The molecule has 0 saturated carbocycles. The highest BCUT2D eigenvalue weighted by molar-refractivity contribution is 5.98. The molecule has 1 spiro atoms. The van der Waals surface area contributed by atoms with Crippen molar-refractivity contribution < 1.29 is 24.2 Å². The molecule has 3 rings (SSSR count). The van der Waals surface area contributed by atoms with Gasteiger partial charge in [-0.05, 0) is 18.6 Å². The molecule has 1 aromatic carbocycles. The highest BCUT2D eigenvalue weighted by atomic mass is 16.5. The first-order chi connectivity index (χ1) is 12.4. The fourth-order valence-corrected chi connectivity index (χ4v) is 3.83. The third kappa shape index (κ3) is 3.07. The monoisotopic (exact) mass is 360 g/mol. The minimum Gasteiger partial charge on any atom is -0.480 e. The number of carbonyl (C=O) groups excluding carboxylic acids is 2. The molecule has 0 aliphatic carbocycles. The Morgan fingerprint density at radius 1 is 1.23 bits per heavy atom. The van der Waals surface area contributed by atoms with Crippen molar-refractivity contribution in [2.75, 3.05) is 19.7 Å². The molecule has 2 aliphatic rings. The molecule has 2 heterocycles. The zero-order valence-electron chi connectivity index (χ0n) is 15.1. The maximum absolute atomic E-state index is 13.2. The average molecular weight is 360 g/mol. The molecule has 0 aromatic heterocycles. The fourth-order valence-electron chi connectivity index (χ4n) is 3.83. The Balaban J connectivity index is 1.91. The third-order valence-electron chi connectivity index (χ3n) is 5.34. The summed E-state index contributed by atoms with van der Waals surface area (Å²) in [7, 11) is 0. The van der Waals surface area contributed by atoms with Crippen molar-refractivity contribution >= 4 is 17.8 Å². The molecule has 2 fully saturated rings. The van der Waals surface area contributed by atoms with Gasteiger partial charge in [0.1, 0.15) is 5.72 Å². The number of benzene rings is 1. The van der Waals surface area contributed by atoms with Gasteiger partial charge in [-0.2, -0.15) is 0 Å². The van der Waals surface area contributed by atoms with Gasteiger partial charge >= 0.3 is 5.97 Å². The van der Waals surface area contributed by atoms with Crippen molar-refractivity contribution in [3.63, 3.8) is 0 Å². The van der Waals surface area contributed by atoms with Gasteiger partial charge in [-0.15, -0.1) is 0 Å². The van der Waals surface area contributed by atoms with Gasteiger partial charge in [-0.25, -0.2) is 4.79 Å². The van der Waals surface area contributed by atoms with Gasteiger partial charge in [0.05, 0.1) is 6.61 Å². The van der Waals surface area contributed by atoms with Crippen LogP contribution < -0.4 is 0 Å². The molecular weight excluding hydrogens is 336 g/mol. The maximum atomic E-state index is 13.2. The van der Waals surface area contributed by atoms with Crippen LogP contribution in [-0.4, -0.2) is 64.2 Å².